The molecule has 0 aliphatic rings. The topological polar surface area (TPSA) is 63.4 Å². The Bertz CT molecular complexity index is 522. The Morgan fingerprint density at radius 1 is 1.24 bits per heavy atom. The smallest absolute Gasteiger partial charge is 0.243 e. The van der Waals surface area contributed by atoms with Crippen molar-refractivity contribution in [1.29, 1.82) is 0 Å². The van der Waals surface area contributed by atoms with Crippen LogP contribution in [0.3, 0.4) is 0 Å². The van der Waals surface area contributed by atoms with Crippen LogP contribution in [0.5, 0.6) is 0 Å². The summed E-state index contributed by atoms with van der Waals surface area (Å²) in [6, 6.07) is 3.37. The minimum Gasteiger partial charge on any atom is -0.398 e. The summed E-state index contributed by atoms with van der Waals surface area (Å²) in [7, 11) is -1.88. The van der Waals surface area contributed by atoms with Crippen LogP contribution in [0.2, 0.25) is 0 Å². The quantitative estimate of drug-likeness (QED) is 0.840. The molecule has 4 nitrogen and oxygen atoms in total. The fourth-order valence-corrected chi connectivity index (χ4v) is 3.26. The Labute approximate surface area is 103 Å². The Hall–Kier alpha value is -1.07. The van der Waals surface area contributed by atoms with Crippen LogP contribution >= 0.6 is 0 Å². The molecule has 0 aliphatic heterocycles. The first kappa shape index (κ1) is 14.0. The molecule has 0 saturated heterocycles. The van der Waals surface area contributed by atoms with Crippen LogP contribution in [-0.4, -0.2) is 25.8 Å². The molecule has 0 radical (unpaired) electrons. The number of nitrogen functional groups attached to an aromatic ring is 1. The predicted molar refractivity (Wildman–Crippen MR) is 70.4 cm³/mol. The lowest BCUT2D eigenvalue weighted by Crippen LogP contribution is -2.33. The summed E-state index contributed by atoms with van der Waals surface area (Å²) in [5.41, 5.74) is 7.79. The Morgan fingerprint density at radius 2 is 1.76 bits per heavy atom. The lowest BCUT2D eigenvalue weighted by atomic mass is 10.1. The van der Waals surface area contributed by atoms with Gasteiger partial charge in [-0.2, -0.15) is 4.31 Å². The standard InChI is InChI=1S/C12H20N2O2S/c1-8(2)14(5)17(15,16)12-7-9(3)6-11(13)10(12)4/h6-8H,13H2,1-5H3. The van der Waals surface area contributed by atoms with Crippen LogP contribution in [0.1, 0.15) is 25.0 Å². The molecule has 0 atom stereocenters. The number of anilines is 1. The van der Waals surface area contributed by atoms with Crippen molar-refractivity contribution in [2.45, 2.75) is 38.6 Å². The molecule has 0 saturated carbocycles. The van der Waals surface area contributed by atoms with Crippen LogP contribution < -0.4 is 5.73 Å². The molecule has 0 heterocycles. The number of hydrogen-bond acceptors (Lipinski definition) is 3. The Balaban J connectivity index is 3.44. The highest BCUT2D eigenvalue weighted by atomic mass is 32.2. The third kappa shape index (κ3) is 2.61. The van der Waals surface area contributed by atoms with Crippen molar-refractivity contribution in [3.8, 4) is 0 Å². The van der Waals surface area contributed by atoms with E-state index in [0.29, 0.717) is 16.1 Å². The summed E-state index contributed by atoms with van der Waals surface area (Å²) < 4.78 is 26.1. The minimum absolute atomic E-state index is 0.0823. The number of nitrogens with zero attached hydrogens (tertiary/aromatic N) is 1. The van der Waals surface area contributed by atoms with Gasteiger partial charge in [-0.15, -0.1) is 0 Å². The normalized spacial score (nSPS) is 12.4. The van der Waals surface area contributed by atoms with Gasteiger partial charge in [0.25, 0.3) is 0 Å². The molecule has 17 heavy (non-hydrogen) atoms. The van der Waals surface area contributed by atoms with Gasteiger partial charge in [0.2, 0.25) is 10.0 Å². The third-order valence-electron chi connectivity index (χ3n) is 2.93. The molecule has 0 fully saturated rings. The zero-order valence-electron chi connectivity index (χ0n) is 11.0. The van der Waals surface area contributed by atoms with Gasteiger partial charge in [0, 0.05) is 18.8 Å². The van der Waals surface area contributed by atoms with E-state index in [1.165, 1.54) is 4.31 Å². The van der Waals surface area contributed by atoms with Gasteiger partial charge >= 0.3 is 0 Å². The molecule has 0 spiro atoms. The largest absolute Gasteiger partial charge is 0.398 e. The van der Waals surface area contributed by atoms with Gasteiger partial charge in [-0.25, -0.2) is 8.42 Å². The van der Waals surface area contributed by atoms with Gasteiger partial charge in [0.15, 0.2) is 0 Å². The molecule has 0 aliphatic carbocycles. The van der Waals surface area contributed by atoms with E-state index in [-0.39, 0.29) is 6.04 Å². The van der Waals surface area contributed by atoms with E-state index >= 15 is 0 Å². The fourth-order valence-electron chi connectivity index (χ4n) is 1.55. The molecule has 0 unspecified atom stereocenters. The molecule has 1 aromatic carbocycles. The molecule has 0 amide bonds. The van der Waals surface area contributed by atoms with E-state index in [2.05, 4.69) is 0 Å². The number of nitrogens with two attached hydrogens (primary N) is 1. The van der Waals surface area contributed by atoms with Crippen LogP contribution in [-0.2, 0) is 10.0 Å². The van der Waals surface area contributed by atoms with Crippen molar-refractivity contribution in [2.75, 3.05) is 12.8 Å². The van der Waals surface area contributed by atoms with Gasteiger partial charge < -0.3 is 5.73 Å². The summed E-state index contributed by atoms with van der Waals surface area (Å²) in [5, 5.41) is 0. The second-order valence-electron chi connectivity index (χ2n) is 4.59. The number of sulfonamides is 1. The van der Waals surface area contributed by atoms with Crippen molar-refractivity contribution < 1.29 is 8.42 Å². The van der Waals surface area contributed by atoms with E-state index < -0.39 is 10.0 Å². The van der Waals surface area contributed by atoms with Crippen molar-refractivity contribution >= 4 is 15.7 Å². The van der Waals surface area contributed by atoms with E-state index in [4.69, 9.17) is 5.73 Å². The number of aryl methyl sites for hydroxylation is 1. The maximum absolute atomic E-state index is 12.4. The molecule has 1 rings (SSSR count). The second-order valence-corrected chi connectivity index (χ2v) is 6.56. The van der Waals surface area contributed by atoms with Gasteiger partial charge in [-0.3, -0.25) is 0 Å². The van der Waals surface area contributed by atoms with Crippen LogP contribution in [0.15, 0.2) is 17.0 Å². The molecular weight excluding hydrogens is 236 g/mol. The summed E-state index contributed by atoms with van der Waals surface area (Å²) >= 11 is 0. The number of hydrogen-bond donors (Lipinski definition) is 1. The minimum atomic E-state index is -3.46. The van der Waals surface area contributed by atoms with Gasteiger partial charge in [-0.05, 0) is 51.0 Å². The molecule has 0 bridgehead atoms. The maximum Gasteiger partial charge on any atom is 0.243 e. The first-order valence-corrected chi connectivity index (χ1v) is 6.96. The van der Waals surface area contributed by atoms with Crippen molar-refractivity contribution in [3.63, 3.8) is 0 Å². The van der Waals surface area contributed by atoms with Gasteiger partial charge in [-0.1, -0.05) is 0 Å². The van der Waals surface area contributed by atoms with Crippen molar-refractivity contribution in [2.24, 2.45) is 0 Å². The second kappa shape index (κ2) is 4.66. The molecule has 96 valence electrons. The maximum atomic E-state index is 12.4. The predicted octanol–water partition coefficient (Wildman–Crippen LogP) is 1.91. The summed E-state index contributed by atoms with van der Waals surface area (Å²) in [6.07, 6.45) is 0. The zero-order valence-corrected chi connectivity index (χ0v) is 11.8. The summed E-state index contributed by atoms with van der Waals surface area (Å²) in [5.74, 6) is 0. The number of rotatable bonds is 3. The zero-order chi connectivity index (χ0) is 13.4. The average Bonchev–Trinajstić information content (AvgIpc) is 2.21. The molecule has 1 aromatic rings. The highest BCUT2D eigenvalue weighted by Crippen LogP contribution is 2.26. The lowest BCUT2D eigenvalue weighted by Gasteiger charge is -2.22. The van der Waals surface area contributed by atoms with Gasteiger partial charge in [0.1, 0.15) is 0 Å². The van der Waals surface area contributed by atoms with E-state index in [1.807, 2.05) is 20.8 Å². The van der Waals surface area contributed by atoms with Crippen molar-refractivity contribution in [1.82, 2.24) is 4.31 Å². The molecular formula is C12H20N2O2S. The van der Waals surface area contributed by atoms with E-state index in [0.717, 1.165) is 5.56 Å². The first-order valence-electron chi connectivity index (χ1n) is 5.52. The van der Waals surface area contributed by atoms with Crippen LogP contribution in [0.4, 0.5) is 5.69 Å². The van der Waals surface area contributed by atoms with Crippen molar-refractivity contribution in [3.05, 3.63) is 23.3 Å². The molecule has 0 aromatic heterocycles. The Morgan fingerprint density at radius 3 is 2.24 bits per heavy atom. The third-order valence-corrected chi connectivity index (χ3v) is 5.09. The highest BCUT2D eigenvalue weighted by Gasteiger charge is 2.25. The summed E-state index contributed by atoms with van der Waals surface area (Å²) in [4.78, 5) is 0.297. The Kier molecular flexibility index (Phi) is 3.84. The average molecular weight is 256 g/mol. The van der Waals surface area contributed by atoms with E-state index in [9.17, 15) is 8.42 Å². The monoisotopic (exact) mass is 256 g/mol. The van der Waals surface area contributed by atoms with Crippen LogP contribution in [0, 0.1) is 13.8 Å². The SMILES string of the molecule is Cc1cc(N)c(C)c(S(=O)(=O)N(C)C(C)C)c1. The summed E-state index contributed by atoms with van der Waals surface area (Å²) in [6.45, 7) is 7.25. The molecule has 5 heteroatoms. The van der Waals surface area contributed by atoms with Gasteiger partial charge in [0.05, 0.1) is 4.90 Å². The fraction of sp³-hybridized carbons (Fsp3) is 0.500. The highest BCUT2D eigenvalue weighted by molar-refractivity contribution is 7.89. The van der Waals surface area contributed by atoms with Crippen LogP contribution in [0.25, 0.3) is 0 Å². The molecule has 2 N–H and O–H groups in total. The number of benzene rings is 1. The lowest BCUT2D eigenvalue weighted by molar-refractivity contribution is 0.410. The first-order chi connectivity index (χ1) is 7.67. The van der Waals surface area contributed by atoms with E-state index in [1.54, 1.807) is 26.1 Å².